The summed E-state index contributed by atoms with van der Waals surface area (Å²) in [5, 5.41) is 56.8. The number of ether oxygens (including phenoxy) is 3. The molecule has 6 N–H and O–H groups in total. The Hall–Kier alpha value is -6.13. The average Bonchev–Trinajstić information content (AvgIpc) is 3.14. The topological polar surface area (TPSA) is 150 Å². The molecule has 57 heavy (non-hydrogen) atoms. The second kappa shape index (κ2) is 13.8. The van der Waals surface area contributed by atoms with Crippen LogP contribution in [0.3, 0.4) is 0 Å². The molecule has 294 valence electrons. The Morgan fingerprint density at radius 3 is 1.81 bits per heavy atom. The number of aryl methyl sites for hydroxylation is 2. The van der Waals surface area contributed by atoms with E-state index in [2.05, 4.69) is 24.5 Å². The summed E-state index contributed by atoms with van der Waals surface area (Å²) in [4.78, 5) is 14.4. The van der Waals surface area contributed by atoms with Gasteiger partial charge in [-0.15, -0.1) is 0 Å². The molecule has 0 spiro atoms. The van der Waals surface area contributed by atoms with Crippen LogP contribution >= 0.6 is 0 Å². The minimum absolute atomic E-state index is 0.0148. The predicted octanol–water partition coefficient (Wildman–Crippen LogP) is 8.90. The second-order valence-corrected chi connectivity index (χ2v) is 15.8. The number of hydrogen-bond acceptors (Lipinski definition) is 10. The summed E-state index contributed by atoms with van der Waals surface area (Å²) in [7, 11) is 4.60. The van der Waals surface area contributed by atoms with Crippen LogP contribution in [0.4, 0.5) is 0 Å². The smallest absolute Gasteiger partial charge is 0.190 e. The Labute approximate surface area is 331 Å². The van der Waals surface area contributed by atoms with E-state index in [0.29, 0.717) is 79.5 Å². The number of benzene rings is 5. The van der Waals surface area contributed by atoms with Gasteiger partial charge in [0.15, 0.2) is 5.78 Å². The molecule has 2 aliphatic heterocycles. The number of ketones is 1. The molecular weight excluding hydrogens is 721 g/mol. The van der Waals surface area contributed by atoms with Crippen molar-refractivity contribution >= 4 is 32.9 Å². The predicted molar refractivity (Wildman–Crippen MR) is 223 cm³/mol. The first-order valence-electron chi connectivity index (χ1n) is 19.2. The third-order valence-electron chi connectivity index (χ3n) is 11.7. The fourth-order valence-electron chi connectivity index (χ4n) is 9.55. The van der Waals surface area contributed by atoms with E-state index in [9.17, 15) is 25.2 Å². The minimum Gasteiger partial charge on any atom is -0.507 e. The molecule has 0 saturated heterocycles. The fraction of sp³-hybridized carbons (Fsp3) is 0.298. The van der Waals surface area contributed by atoms with Crippen molar-refractivity contribution in [2.75, 3.05) is 21.3 Å². The van der Waals surface area contributed by atoms with E-state index in [1.165, 1.54) is 20.3 Å². The lowest BCUT2D eigenvalue weighted by molar-refractivity contribution is -0.109. The third-order valence-corrected chi connectivity index (χ3v) is 11.7. The zero-order valence-corrected chi connectivity index (χ0v) is 33.7. The summed E-state index contributed by atoms with van der Waals surface area (Å²) in [5.74, 6) is 0.436. The van der Waals surface area contributed by atoms with Crippen molar-refractivity contribution in [1.29, 1.82) is 0 Å². The van der Waals surface area contributed by atoms with Crippen LogP contribution in [-0.2, 0) is 16.0 Å². The molecule has 10 heteroatoms. The molecular formula is C47H48N2O8. The number of methoxy groups -OCH3 is 3. The van der Waals surface area contributed by atoms with Crippen molar-refractivity contribution in [2.24, 2.45) is 0 Å². The molecule has 10 nitrogen and oxygen atoms in total. The third kappa shape index (κ3) is 5.84. The largest absolute Gasteiger partial charge is 0.507 e. The van der Waals surface area contributed by atoms with Crippen molar-refractivity contribution in [3.8, 4) is 56.8 Å². The zero-order valence-electron chi connectivity index (χ0n) is 33.7. The van der Waals surface area contributed by atoms with Crippen molar-refractivity contribution in [1.82, 2.24) is 10.6 Å². The van der Waals surface area contributed by atoms with Gasteiger partial charge in [0, 0.05) is 57.7 Å². The molecule has 5 aromatic rings. The highest BCUT2D eigenvalue weighted by Gasteiger charge is 2.35. The van der Waals surface area contributed by atoms with Gasteiger partial charge in [-0.25, -0.2) is 0 Å². The lowest BCUT2D eigenvalue weighted by Gasteiger charge is -2.32. The normalized spacial score (nSPS) is 19.4. The first-order chi connectivity index (χ1) is 27.2. The molecule has 8 rings (SSSR count). The minimum atomic E-state index is -0.246. The van der Waals surface area contributed by atoms with E-state index >= 15 is 0 Å². The Bertz CT molecular complexity index is 2690. The molecule has 0 radical (unpaired) electrons. The molecule has 0 fully saturated rings. The van der Waals surface area contributed by atoms with E-state index in [4.69, 9.17) is 14.2 Å². The van der Waals surface area contributed by atoms with E-state index in [1.807, 2.05) is 52.0 Å². The van der Waals surface area contributed by atoms with E-state index < -0.39 is 0 Å². The van der Waals surface area contributed by atoms with Crippen molar-refractivity contribution in [3.63, 3.8) is 0 Å². The zero-order chi connectivity index (χ0) is 40.8. The summed E-state index contributed by atoms with van der Waals surface area (Å²) in [6, 6.07) is 12.3. The highest BCUT2D eigenvalue weighted by atomic mass is 16.5. The molecule has 1 unspecified atom stereocenters. The van der Waals surface area contributed by atoms with E-state index in [0.717, 1.165) is 33.5 Å². The number of rotatable bonds is 6. The molecule has 2 heterocycles. The van der Waals surface area contributed by atoms with Crippen molar-refractivity contribution < 1.29 is 39.4 Å². The number of phenols is 4. The number of hydrogen-bond donors (Lipinski definition) is 6. The van der Waals surface area contributed by atoms with Gasteiger partial charge in [0.2, 0.25) is 0 Å². The summed E-state index contributed by atoms with van der Waals surface area (Å²) < 4.78 is 17.9. The van der Waals surface area contributed by atoms with Crippen molar-refractivity contribution in [3.05, 3.63) is 99.0 Å². The van der Waals surface area contributed by atoms with Crippen LogP contribution in [0.5, 0.6) is 34.5 Å². The average molecular weight is 769 g/mol. The number of phenolic OH excluding ortho intramolecular Hbond substituents is 4. The van der Waals surface area contributed by atoms with Crippen LogP contribution in [0.1, 0.15) is 68.0 Å². The Kier molecular flexibility index (Phi) is 9.15. The van der Waals surface area contributed by atoms with Crippen LogP contribution < -0.4 is 20.1 Å². The lowest BCUT2D eigenvalue weighted by atomic mass is 9.79. The first kappa shape index (κ1) is 37.8. The SMILES string of the molecule is COC1=C(c2cc(-c3cc(-c4c(O)cc(O)c5c4C[C@@H](C)N[C@@H]5C)c4cc(C)cc(OC)c4c3O)c(O)c3c(OC)cc(C)cc23)C(=O)C=C2CC(C)NC(C)=C21. The van der Waals surface area contributed by atoms with Gasteiger partial charge in [0.25, 0.3) is 0 Å². The first-order valence-corrected chi connectivity index (χ1v) is 19.2. The van der Waals surface area contributed by atoms with Gasteiger partial charge >= 0.3 is 0 Å². The maximum absolute atomic E-state index is 14.4. The van der Waals surface area contributed by atoms with E-state index in [-0.39, 0.29) is 58.0 Å². The molecule has 3 aliphatic rings. The quantitative estimate of drug-likeness (QED) is 0.0989. The van der Waals surface area contributed by atoms with Gasteiger partial charge in [-0.2, -0.15) is 0 Å². The highest BCUT2D eigenvalue weighted by Crippen LogP contribution is 2.55. The van der Waals surface area contributed by atoms with Crippen LogP contribution in [-0.4, -0.2) is 59.6 Å². The van der Waals surface area contributed by atoms with Gasteiger partial charge in [0.05, 0.1) is 37.7 Å². The Morgan fingerprint density at radius 2 is 1.23 bits per heavy atom. The summed E-state index contributed by atoms with van der Waals surface area (Å²) in [6.07, 6.45) is 2.82. The lowest BCUT2D eigenvalue weighted by Crippen LogP contribution is -2.36. The monoisotopic (exact) mass is 768 g/mol. The molecule has 1 aliphatic carbocycles. The number of nitrogens with one attached hydrogen (secondary N) is 2. The maximum atomic E-state index is 14.4. The van der Waals surface area contributed by atoms with Gasteiger partial charge in [-0.05, 0) is 129 Å². The van der Waals surface area contributed by atoms with Crippen molar-refractivity contribution in [2.45, 2.75) is 72.5 Å². The van der Waals surface area contributed by atoms with Gasteiger partial charge in [-0.3, -0.25) is 4.79 Å². The standard InChI is InChI=1S/C47H48N2O8/c1-20-10-27-29(41-33-15-23(4)49-25(6)40(33)35(51)19-36(41)52)17-31(45(53)43(27)37(12-20)55-7)32-18-30(28-11-21(2)13-38(56-8)44(28)46(32)54)42-34(50)16-26-14-22(3)48-24(5)39(26)47(42)57-9/h10-13,16-19,22-23,25,48-49,51-54H,14-15H2,1-9H3/t22?,23-,25-/m1/s1. The van der Waals surface area contributed by atoms with E-state index in [1.54, 1.807) is 25.3 Å². The number of aromatic hydroxyl groups is 4. The molecule has 5 aromatic carbocycles. The molecule has 0 saturated carbocycles. The number of carbonyl (C=O) groups is 1. The van der Waals surface area contributed by atoms with Crippen LogP contribution in [0.25, 0.3) is 49.4 Å². The van der Waals surface area contributed by atoms with Gasteiger partial charge in [0.1, 0.15) is 40.3 Å². The number of allylic oxidation sites excluding steroid dienone is 4. The molecule has 0 aromatic heterocycles. The molecule has 0 bridgehead atoms. The second-order valence-electron chi connectivity index (χ2n) is 15.8. The summed E-state index contributed by atoms with van der Waals surface area (Å²) in [6.45, 7) is 11.9. The number of fused-ring (bicyclic) bond motifs is 4. The summed E-state index contributed by atoms with van der Waals surface area (Å²) >= 11 is 0. The summed E-state index contributed by atoms with van der Waals surface area (Å²) in [5.41, 5.74) is 8.02. The highest BCUT2D eigenvalue weighted by molar-refractivity contribution is 6.32. The van der Waals surface area contributed by atoms with Crippen LogP contribution in [0.2, 0.25) is 0 Å². The fourth-order valence-corrected chi connectivity index (χ4v) is 9.55. The Balaban J connectivity index is 1.54. The van der Waals surface area contributed by atoms with Gasteiger partial charge < -0.3 is 45.3 Å². The van der Waals surface area contributed by atoms with Crippen LogP contribution in [0.15, 0.2) is 71.1 Å². The van der Waals surface area contributed by atoms with Crippen LogP contribution in [0, 0.1) is 13.8 Å². The molecule has 0 amide bonds. The maximum Gasteiger partial charge on any atom is 0.190 e. The van der Waals surface area contributed by atoms with Gasteiger partial charge in [-0.1, -0.05) is 12.1 Å². The molecule has 3 atom stereocenters. The number of carbonyl (C=O) groups excluding carboxylic acids is 1. The Morgan fingerprint density at radius 1 is 0.649 bits per heavy atom.